The summed E-state index contributed by atoms with van der Waals surface area (Å²) in [4.78, 5) is 24.5. The van der Waals surface area contributed by atoms with E-state index >= 15 is 0 Å². The summed E-state index contributed by atoms with van der Waals surface area (Å²) < 4.78 is 9.46. The Morgan fingerprint density at radius 3 is 2.09 bits per heavy atom. The van der Waals surface area contributed by atoms with Gasteiger partial charge in [0.05, 0.1) is 6.61 Å². The van der Waals surface area contributed by atoms with Gasteiger partial charge in [0.15, 0.2) is 0 Å². The highest BCUT2D eigenvalue weighted by atomic mass is 32.5. The second kappa shape index (κ2) is 14.3. The molecule has 0 bridgehead atoms. The van der Waals surface area contributed by atoms with Crippen LogP contribution in [0.2, 0.25) is 0 Å². The van der Waals surface area contributed by atoms with Crippen molar-refractivity contribution in [3.63, 3.8) is 0 Å². The van der Waals surface area contributed by atoms with Gasteiger partial charge in [0.2, 0.25) is 0 Å². The molecule has 0 aromatic rings. The van der Waals surface area contributed by atoms with Crippen molar-refractivity contribution in [3.05, 3.63) is 12.7 Å². The van der Waals surface area contributed by atoms with E-state index in [9.17, 15) is 9.69 Å². The van der Waals surface area contributed by atoms with Gasteiger partial charge in [-0.2, -0.15) is 0 Å². The number of carbonyl (C=O) groups is 1. The average molecular weight is 352 g/mol. The standard InChI is InChI=1S/C15H29O5PS/c1-3-5-6-7-8-9-10-11-12-13-14-18-21(17,22)20-19-15(16)4-2/h4H,2-3,5-14H2,1H3,(H,17,22). The van der Waals surface area contributed by atoms with Crippen LogP contribution in [0.15, 0.2) is 12.7 Å². The van der Waals surface area contributed by atoms with Crippen molar-refractivity contribution in [2.45, 2.75) is 71.1 Å². The van der Waals surface area contributed by atoms with E-state index < -0.39 is 12.7 Å². The minimum atomic E-state index is -3.49. The van der Waals surface area contributed by atoms with Gasteiger partial charge in [-0.25, -0.2) is 4.79 Å². The average Bonchev–Trinajstić information content (AvgIpc) is 2.50. The molecule has 0 aliphatic rings. The molecule has 7 heteroatoms. The molecule has 0 radical (unpaired) electrons. The molecule has 0 fully saturated rings. The highest BCUT2D eigenvalue weighted by Gasteiger charge is 2.18. The number of rotatable bonds is 15. The van der Waals surface area contributed by atoms with Gasteiger partial charge in [-0.15, -0.1) is 0 Å². The van der Waals surface area contributed by atoms with Crippen molar-refractivity contribution in [1.82, 2.24) is 0 Å². The Morgan fingerprint density at radius 1 is 1.09 bits per heavy atom. The first-order valence-electron chi connectivity index (χ1n) is 8.02. The first kappa shape index (κ1) is 21.7. The summed E-state index contributed by atoms with van der Waals surface area (Å²) in [5.74, 6) is -0.814. The van der Waals surface area contributed by atoms with Crippen LogP contribution in [0.5, 0.6) is 0 Å². The molecule has 0 saturated carbocycles. The van der Waals surface area contributed by atoms with E-state index in [0.717, 1.165) is 25.3 Å². The quantitative estimate of drug-likeness (QED) is 0.150. The van der Waals surface area contributed by atoms with Gasteiger partial charge in [-0.05, 0) is 18.2 Å². The minimum Gasteiger partial charge on any atom is -0.322 e. The van der Waals surface area contributed by atoms with E-state index in [2.05, 4.69) is 23.1 Å². The lowest BCUT2D eigenvalue weighted by atomic mass is 10.1. The number of carbonyl (C=O) groups excluding carboxylic acids is 1. The zero-order valence-electron chi connectivity index (χ0n) is 13.5. The maximum absolute atomic E-state index is 10.8. The fourth-order valence-corrected chi connectivity index (χ4v) is 2.79. The molecule has 0 heterocycles. The second-order valence-electron chi connectivity index (χ2n) is 5.16. The molecule has 0 aliphatic heterocycles. The van der Waals surface area contributed by atoms with Crippen LogP contribution < -0.4 is 0 Å². The van der Waals surface area contributed by atoms with Crippen molar-refractivity contribution in [2.24, 2.45) is 0 Å². The van der Waals surface area contributed by atoms with Gasteiger partial charge in [-0.3, -0.25) is 4.89 Å². The van der Waals surface area contributed by atoms with E-state index in [1.165, 1.54) is 44.9 Å². The maximum atomic E-state index is 10.8. The summed E-state index contributed by atoms with van der Waals surface area (Å²) in [6, 6.07) is 0. The molecule has 0 aromatic heterocycles. The smallest absolute Gasteiger partial charge is 0.322 e. The Balaban J connectivity index is 3.39. The van der Waals surface area contributed by atoms with Crippen molar-refractivity contribution >= 4 is 24.5 Å². The molecule has 22 heavy (non-hydrogen) atoms. The van der Waals surface area contributed by atoms with Crippen molar-refractivity contribution in [1.29, 1.82) is 0 Å². The van der Waals surface area contributed by atoms with Crippen LogP contribution in [0, 0.1) is 0 Å². The van der Waals surface area contributed by atoms with Crippen LogP contribution in [0.3, 0.4) is 0 Å². The lowest BCUT2D eigenvalue weighted by Gasteiger charge is -2.13. The van der Waals surface area contributed by atoms with Gasteiger partial charge < -0.3 is 9.42 Å². The Bertz CT molecular complexity index is 349. The monoisotopic (exact) mass is 352 g/mol. The SMILES string of the molecule is C=CC(=O)OOP(O)(=S)OCCCCCCCCCCCC. The Kier molecular flexibility index (Phi) is 14.2. The molecule has 1 atom stereocenters. The first-order valence-corrected chi connectivity index (χ1v) is 10.6. The van der Waals surface area contributed by atoms with E-state index in [1.807, 2.05) is 0 Å². The van der Waals surface area contributed by atoms with Crippen molar-refractivity contribution in [3.8, 4) is 0 Å². The maximum Gasteiger partial charge on any atom is 0.365 e. The van der Waals surface area contributed by atoms with Gasteiger partial charge in [0, 0.05) is 6.08 Å². The molecule has 0 saturated heterocycles. The Hall–Kier alpha value is -0.260. The van der Waals surface area contributed by atoms with Crippen LogP contribution in [0.4, 0.5) is 0 Å². The minimum absolute atomic E-state index is 0.302. The van der Waals surface area contributed by atoms with Crippen LogP contribution in [0.25, 0.3) is 0 Å². The number of unbranched alkanes of at least 4 members (excludes halogenated alkanes) is 9. The zero-order chi connectivity index (χ0) is 16.7. The Labute approximate surface area is 139 Å². The molecule has 130 valence electrons. The molecule has 5 nitrogen and oxygen atoms in total. The second-order valence-corrected chi connectivity index (χ2v) is 7.89. The lowest BCUT2D eigenvalue weighted by Crippen LogP contribution is -2.02. The van der Waals surface area contributed by atoms with Gasteiger partial charge in [0.1, 0.15) is 0 Å². The highest BCUT2D eigenvalue weighted by Crippen LogP contribution is 2.44. The molecule has 0 rings (SSSR count). The topological polar surface area (TPSA) is 65.0 Å². The summed E-state index contributed by atoms with van der Waals surface area (Å²) >= 11 is 4.69. The summed E-state index contributed by atoms with van der Waals surface area (Å²) in [6.07, 6.45) is 13.0. The van der Waals surface area contributed by atoms with E-state index in [1.54, 1.807) is 0 Å². The molecule has 0 aliphatic carbocycles. The van der Waals surface area contributed by atoms with Crippen LogP contribution >= 0.6 is 6.72 Å². The van der Waals surface area contributed by atoms with E-state index in [4.69, 9.17) is 16.3 Å². The summed E-state index contributed by atoms with van der Waals surface area (Å²) in [5.41, 5.74) is 0. The van der Waals surface area contributed by atoms with Crippen LogP contribution in [-0.4, -0.2) is 17.5 Å². The third-order valence-electron chi connectivity index (χ3n) is 3.13. The first-order chi connectivity index (χ1) is 10.5. The van der Waals surface area contributed by atoms with Gasteiger partial charge in [-0.1, -0.05) is 76.0 Å². The molecule has 0 amide bonds. The third kappa shape index (κ3) is 14.7. The van der Waals surface area contributed by atoms with Gasteiger partial charge in [0.25, 0.3) is 0 Å². The van der Waals surface area contributed by atoms with Gasteiger partial charge >= 0.3 is 12.7 Å². The van der Waals surface area contributed by atoms with Crippen LogP contribution in [0.1, 0.15) is 71.1 Å². The molecule has 1 N–H and O–H groups in total. The molecule has 0 aromatic carbocycles. The molecule has 1 unspecified atom stereocenters. The predicted octanol–water partition coefficient (Wildman–Crippen LogP) is 4.80. The zero-order valence-corrected chi connectivity index (χ0v) is 15.2. The summed E-state index contributed by atoms with van der Waals surface area (Å²) in [6.45, 7) is 2.23. The normalized spacial score (nSPS) is 13.5. The van der Waals surface area contributed by atoms with Crippen LogP contribution in [-0.2, 0) is 30.7 Å². The molecule has 0 spiro atoms. The Morgan fingerprint density at radius 2 is 1.59 bits per heavy atom. The highest BCUT2D eigenvalue weighted by molar-refractivity contribution is 8.07. The fourth-order valence-electron chi connectivity index (χ4n) is 1.91. The third-order valence-corrected chi connectivity index (χ3v) is 4.40. The van der Waals surface area contributed by atoms with Crippen molar-refractivity contribution in [2.75, 3.05) is 6.61 Å². The number of hydrogen-bond acceptors (Lipinski definition) is 5. The fraction of sp³-hybridized carbons (Fsp3) is 0.800. The summed E-state index contributed by atoms with van der Waals surface area (Å²) in [7, 11) is 0. The van der Waals surface area contributed by atoms with E-state index in [-0.39, 0.29) is 0 Å². The van der Waals surface area contributed by atoms with E-state index in [0.29, 0.717) is 6.61 Å². The van der Waals surface area contributed by atoms with Crippen molar-refractivity contribution < 1.29 is 23.8 Å². The largest absolute Gasteiger partial charge is 0.365 e. The lowest BCUT2D eigenvalue weighted by molar-refractivity contribution is -0.212. The molecular formula is C15H29O5PS. The predicted molar refractivity (Wildman–Crippen MR) is 91.7 cm³/mol. The number of hydrogen-bond donors (Lipinski definition) is 1. The summed E-state index contributed by atoms with van der Waals surface area (Å²) in [5, 5.41) is 0. The molecular weight excluding hydrogens is 323 g/mol.